The van der Waals surface area contributed by atoms with Gasteiger partial charge in [-0.3, -0.25) is 4.79 Å². The summed E-state index contributed by atoms with van der Waals surface area (Å²) in [6.45, 7) is 2.13. The number of carboxylic acid groups (broad SMARTS) is 1. The van der Waals surface area contributed by atoms with Crippen molar-refractivity contribution >= 4 is 52.1 Å². The highest BCUT2D eigenvalue weighted by Crippen LogP contribution is 2.33. The van der Waals surface area contributed by atoms with Gasteiger partial charge in [-0.05, 0) is 24.8 Å². The van der Waals surface area contributed by atoms with Gasteiger partial charge in [0.2, 0.25) is 0 Å². The highest BCUT2D eigenvalue weighted by molar-refractivity contribution is 7.99. The summed E-state index contributed by atoms with van der Waals surface area (Å²) >= 11 is 9.24. The van der Waals surface area contributed by atoms with Crippen molar-refractivity contribution in [3.05, 3.63) is 23.2 Å². The number of aromatic nitrogens is 2. The molecule has 0 radical (unpaired) electrons. The molecule has 4 nitrogen and oxygen atoms in total. The lowest BCUT2D eigenvalue weighted by Gasteiger charge is -2.19. The number of rotatable bonds is 7. The number of thioether (sulfide) groups is 2. The Morgan fingerprint density at radius 2 is 2.29 bits per heavy atom. The fourth-order valence-electron chi connectivity index (χ4n) is 2.21. The highest BCUT2D eigenvalue weighted by Gasteiger charge is 2.20. The molecule has 0 aliphatic carbocycles. The van der Waals surface area contributed by atoms with E-state index in [-0.39, 0.29) is 11.8 Å². The molecule has 0 saturated heterocycles. The Bertz CT molecular complexity index is 645. The minimum Gasteiger partial charge on any atom is -0.481 e. The summed E-state index contributed by atoms with van der Waals surface area (Å²) in [6, 6.07) is 5.98. The number of hydrogen-bond donors (Lipinski definition) is 1. The van der Waals surface area contributed by atoms with Gasteiger partial charge in [-0.25, -0.2) is 4.98 Å². The van der Waals surface area contributed by atoms with Crippen LogP contribution in [-0.4, -0.2) is 38.4 Å². The molecular formula is C14H17ClN2O2S2. The summed E-state index contributed by atoms with van der Waals surface area (Å²) in [7, 11) is 0. The van der Waals surface area contributed by atoms with E-state index in [0.29, 0.717) is 5.02 Å². The molecule has 1 aromatic carbocycles. The molecule has 0 spiro atoms. The number of benzene rings is 1. The predicted octanol–water partition coefficient (Wildman–Crippen LogP) is 4.18. The van der Waals surface area contributed by atoms with E-state index in [4.69, 9.17) is 16.7 Å². The van der Waals surface area contributed by atoms with Crippen molar-refractivity contribution in [3.63, 3.8) is 0 Å². The number of fused-ring (bicyclic) bond motifs is 1. The van der Waals surface area contributed by atoms with Crippen LogP contribution in [0.25, 0.3) is 11.0 Å². The van der Waals surface area contributed by atoms with Crippen LogP contribution in [0.1, 0.15) is 19.4 Å². The van der Waals surface area contributed by atoms with Crippen LogP contribution >= 0.6 is 35.1 Å². The van der Waals surface area contributed by atoms with Crippen molar-refractivity contribution in [3.8, 4) is 0 Å². The van der Waals surface area contributed by atoms with Gasteiger partial charge in [-0.15, -0.1) is 0 Å². The number of halogens is 1. The zero-order chi connectivity index (χ0) is 15.4. The SMILES string of the molecule is CCC(CSC)n1c(SCC(=O)O)nc2c(Cl)cccc21. The topological polar surface area (TPSA) is 55.1 Å². The summed E-state index contributed by atoms with van der Waals surface area (Å²) in [5.41, 5.74) is 1.71. The van der Waals surface area contributed by atoms with Crippen LogP contribution in [0.4, 0.5) is 0 Å². The fourth-order valence-corrected chi connectivity index (χ4v) is 3.99. The standard InChI is InChI=1S/C14H17ClN2O2S2/c1-3-9(7-20-2)17-11-6-4-5-10(15)13(11)16-14(17)21-8-12(18)19/h4-6,9H,3,7-8H2,1-2H3,(H,18,19). The van der Waals surface area contributed by atoms with Gasteiger partial charge in [0.1, 0.15) is 5.52 Å². The molecule has 1 atom stereocenters. The van der Waals surface area contributed by atoms with Gasteiger partial charge in [-0.1, -0.05) is 36.4 Å². The molecule has 0 aliphatic rings. The molecule has 7 heteroatoms. The first-order chi connectivity index (χ1) is 10.1. The van der Waals surface area contributed by atoms with Crippen LogP contribution in [0.15, 0.2) is 23.4 Å². The van der Waals surface area contributed by atoms with E-state index in [2.05, 4.69) is 22.7 Å². The molecule has 0 bridgehead atoms. The molecule has 0 aliphatic heterocycles. The molecule has 2 aromatic rings. The van der Waals surface area contributed by atoms with Crippen LogP contribution in [0.5, 0.6) is 0 Å². The quantitative estimate of drug-likeness (QED) is 0.763. The van der Waals surface area contributed by atoms with Crippen LogP contribution in [0.3, 0.4) is 0 Å². The van der Waals surface area contributed by atoms with Crippen LogP contribution in [0.2, 0.25) is 5.02 Å². The Morgan fingerprint density at radius 3 is 2.90 bits per heavy atom. The van der Waals surface area contributed by atoms with E-state index in [0.717, 1.165) is 28.4 Å². The minimum absolute atomic E-state index is 0.00333. The van der Waals surface area contributed by atoms with E-state index in [1.165, 1.54) is 11.8 Å². The number of para-hydroxylation sites is 1. The van der Waals surface area contributed by atoms with Crippen molar-refractivity contribution in [1.29, 1.82) is 0 Å². The summed E-state index contributed by atoms with van der Waals surface area (Å²) in [5.74, 6) is 0.105. The zero-order valence-electron chi connectivity index (χ0n) is 11.9. The molecule has 1 heterocycles. The van der Waals surface area contributed by atoms with Crippen molar-refractivity contribution in [2.75, 3.05) is 17.8 Å². The third-order valence-electron chi connectivity index (χ3n) is 3.16. The normalized spacial score (nSPS) is 12.7. The molecule has 0 amide bonds. The summed E-state index contributed by atoms with van der Waals surface area (Å²) in [4.78, 5) is 15.4. The summed E-state index contributed by atoms with van der Waals surface area (Å²) in [6.07, 6.45) is 3.03. The Kier molecular flexibility index (Phi) is 5.84. The van der Waals surface area contributed by atoms with E-state index in [1.807, 2.05) is 18.2 Å². The van der Waals surface area contributed by atoms with Crippen LogP contribution in [-0.2, 0) is 4.79 Å². The highest BCUT2D eigenvalue weighted by atomic mass is 35.5. The number of hydrogen-bond acceptors (Lipinski definition) is 4. The van der Waals surface area contributed by atoms with E-state index in [9.17, 15) is 4.79 Å². The second-order valence-electron chi connectivity index (χ2n) is 4.57. The average Bonchev–Trinajstić information content (AvgIpc) is 2.82. The van der Waals surface area contributed by atoms with Crippen molar-refractivity contribution in [2.24, 2.45) is 0 Å². The molecule has 2 rings (SSSR count). The van der Waals surface area contributed by atoms with Crippen molar-refractivity contribution < 1.29 is 9.90 Å². The minimum atomic E-state index is -0.845. The summed E-state index contributed by atoms with van der Waals surface area (Å²) < 4.78 is 2.13. The van der Waals surface area contributed by atoms with Gasteiger partial charge in [0.05, 0.1) is 16.3 Å². The van der Waals surface area contributed by atoms with Crippen molar-refractivity contribution in [2.45, 2.75) is 24.5 Å². The van der Waals surface area contributed by atoms with Gasteiger partial charge >= 0.3 is 5.97 Å². The Morgan fingerprint density at radius 1 is 1.52 bits per heavy atom. The lowest BCUT2D eigenvalue weighted by Crippen LogP contribution is -2.12. The van der Waals surface area contributed by atoms with Gasteiger partial charge < -0.3 is 9.67 Å². The van der Waals surface area contributed by atoms with E-state index >= 15 is 0 Å². The molecule has 1 unspecified atom stereocenters. The maximum atomic E-state index is 10.8. The molecule has 1 aromatic heterocycles. The molecule has 0 fully saturated rings. The second-order valence-corrected chi connectivity index (χ2v) is 6.83. The zero-order valence-corrected chi connectivity index (χ0v) is 14.3. The second kappa shape index (κ2) is 7.42. The number of carbonyl (C=O) groups is 1. The monoisotopic (exact) mass is 344 g/mol. The van der Waals surface area contributed by atoms with E-state index < -0.39 is 5.97 Å². The fraction of sp³-hybridized carbons (Fsp3) is 0.429. The first kappa shape index (κ1) is 16.5. The smallest absolute Gasteiger partial charge is 0.313 e. The van der Waals surface area contributed by atoms with Crippen LogP contribution < -0.4 is 0 Å². The summed E-state index contributed by atoms with van der Waals surface area (Å²) in [5, 5.41) is 10.2. The molecule has 0 saturated carbocycles. The lowest BCUT2D eigenvalue weighted by molar-refractivity contribution is -0.133. The third kappa shape index (κ3) is 3.67. The number of aliphatic carboxylic acids is 1. The van der Waals surface area contributed by atoms with Gasteiger partial charge in [0, 0.05) is 11.8 Å². The molecule has 1 N–H and O–H groups in total. The van der Waals surface area contributed by atoms with Crippen LogP contribution in [0, 0.1) is 0 Å². The van der Waals surface area contributed by atoms with E-state index in [1.54, 1.807) is 11.8 Å². The number of nitrogens with zero attached hydrogens (tertiary/aromatic N) is 2. The molecule has 21 heavy (non-hydrogen) atoms. The van der Waals surface area contributed by atoms with Gasteiger partial charge in [0.15, 0.2) is 5.16 Å². The number of carboxylic acids is 1. The average molecular weight is 345 g/mol. The third-order valence-corrected chi connectivity index (χ3v) is 5.12. The maximum Gasteiger partial charge on any atom is 0.313 e. The Labute approximate surface area is 137 Å². The predicted molar refractivity (Wildman–Crippen MR) is 90.8 cm³/mol. The first-order valence-corrected chi connectivity index (χ1v) is 9.34. The van der Waals surface area contributed by atoms with Gasteiger partial charge in [-0.2, -0.15) is 11.8 Å². The Hall–Kier alpha value is -0.850. The first-order valence-electron chi connectivity index (χ1n) is 6.58. The molecular weight excluding hydrogens is 328 g/mol. The van der Waals surface area contributed by atoms with Gasteiger partial charge in [0.25, 0.3) is 0 Å². The maximum absolute atomic E-state index is 10.8. The van der Waals surface area contributed by atoms with Crippen molar-refractivity contribution in [1.82, 2.24) is 9.55 Å². The molecule has 114 valence electrons. The lowest BCUT2D eigenvalue weighted by atomic mass is 10.2. The Balaban J connectivity index is 2.53. The number of imidazole rings is 1. The largest absolute Gasteiger partial charge is 0.481 e.